The zero-order valence-electron chi connectivity index (χ0n) is 12.0. The molecule has 0 aliphatic heterocycles. The molecule has 0 atom stereocenters. The van der Waals surface area contributed by atoms with Crippen LogP contribution in [0.3, 0.4) is 0 Å². The number of benzene rings is 2. The van der Waals surface area contributed by atoms with E-state index in [9.17, 15) is 4.79 Å². The summed E-state index contributed by atoms with van der Waals surface area (Å²) in [7, 11) is 0. The average molecular weight is 282 g/mol. The minimum absolute atomic E-state index is 0.128. The Morgan fingerprint density at radius 1 is 1.00 bits per heavy atom. The second-order valence-electron chi connectivity index (χ2n) is 4.50. The maximum absolute atomic E-state index is 11.4. The van der Waals surface area contributed by atoms with Crippen molar-refractivity contribution in [1.29, 1.82) is 0 Å². The molecule has 0 unspecified atom stereocenters. The Morgan fingerprint density at radius 2 is 1.62 bits per heavy atom. The van der Waals surface area contributed by atoms with Gasteiger partial charge in [-0.3, -0.25) is 0 Å². The predicted molar refractivity (Wildman–Crippen MR) is 83.1 cm³/mol. The number of carbonyl (C=O) groups excluding carboxylic acids is 1. The molecule has 0 amide bonds. The Kier molecular flexibility index (Phi) is 5.16. The van der Waals surface area contributed by atoms with Crippen LogP contribution in [0.1, 0.15) is 6.92 Å². The third-order valence-electron chi connectivity index (χ3n) is 2.94. The lowest BCUT2D eigenvalue weighted by atomic mass is 10.1. The molecule has 0 radical (unpaired) electrons. The van der Waals surface area contributed by atoms with Crippen LogP contribution in [0.25, 0.3) is 11.1 Å². The molecule has 0 fully saturated rings. The summed E-state index contributed by atoms with van der Waals surface area (Å²) in [4.78, 5) is 11.4. The minimum Gasteiger partial charge on any atom is -0.489 e. The standard InChI is InChI=1S/C18H18O3/c1-3-20-18(19)14(2)13-21-17-11-9-16(10-12-17)15-7-5-4-6-8-15/h4-12H,2-3,13H2,1H3. The lowest BCUT2D eigenvalue weighted by molar-refractivity contribution is -0.138. The summed E-state index contributed by atoms with van der Waals surface area (Å²) < 4.78 is 10.4. The van der Waals surface area contributed by atoms with E-state index in [1.54, 1.807) is 6.92 Å². The van der Waals surface area contributed by atoms with Crippen molar-refractivity contribution in [2.24, 2.45) is 0 Å². The molecule has 108 valence electrons. The van der Waals surface area contributed by atoms with Gasteiger partial charge in [-0.25, -0.2) is 4.79 Å². The maximum Gasteiger partial charge on any atom is 0.336 e. The van der Waals surface area contributed by atoms with Crippen LogP contribution in [0, 0.1) is 0 Å². The van der Waals surface area contributed by atoms with E-state index < -0.39 is 5.97 Å². The van der Waals surface area contributed by atoms with Gasteiger partial charge in [0.25, 0.3) is 0 Å². The van der Waals surface area contributed by atoms with E-state index in [-0.39, 0.29) is 6.61 Å². The third-order valence-corrected chi connectivity index (χ3v) is 2.94. The van der Waals surface area contributed by atoms with Crippen molar-refractivity contribution in [3.63, 3.8) is 0 Å². The molecule has 3 heteroatoms. The molecular formula is C18H18O3. The first-order chi connectivity index (χ1) is 10.2. The fourth-order valence-electron chi connectivity index (χ4n) is 1.84. The summed E-state index contributed by atoms with van der Waals surface area (Å²) in [6, 6.07) is 17.8. The number of hydrogen-bond acceptors (Lipinski definition) is 3. The third kappa shape index (κ3) is 4.21. The molecule has 2 rings (SSSR count). The van der Waals surface area contributed by atoms with Gasteiger partial charge >= 0.3 is 5.97 Å². The zero-order chi connectivity index (χ0) is 15.1. The van der Waals surface area contributed by atoms with Crippen LogP contribution in [0.2, 0.25) is 0 Å². The fourth-order valence-corrected chi connectivity index (χ4v) is 1.84. The molecule has 2 aromatic rings. The van der Waals surface area contributed by atoms with Crippen LogP contribution < -0.4 is 4.74 Å². The Morgan fingerprint density at radius 3 is 2.24 bits per heavy atom. The van der Waals surface area contributed by atoms with Gasteiger partial charge in [0, 0.05) is 0 Å². The molecule has 0 saturated heterocycles. The second kappa shape index (κ2) is 7.29. The Balaban J connectivity index is 1.94. The number of ether oxygens (including phenoxy) is 2. The van der Waals surface area contributed by atoms with Crippen LogP contribution in [-0.4, -0.2) is 19.2 Å². The molecule has 0 saturated carbocycles. The lowest BCUT2D eigenvalue weighted by Gasteiger charge is -2.09. The molecule has 21 heavy (non-hydrogen) atoms. The highest BCUT2D eigenvalue weighted by atomic mass is 16.5. The van der Waals surface area contributed by atoms with E-state index in [0.717, 1.165) is 11.1 Å². The topological polar surface area (TPSA) is 35.5 Å². The highest BCUT2D eigenvalue weighted by molar-refractivity contribution is 5.88. The van der Waals surface area contributed by atoms with Crippen molar-refractivity contribution < 1.29 is 14.3 Å². The quantitative estimate of drug-likeness (QED) is 0.596. The van der Waals surface area contributed by atoms with Gasteiger partial charge in [-0.15, -0.1) is 0 Å². The van der Waals surface area contributed by atoms with E-state index >= 15 is 0 Å². The lowest BCUT2D eigenvalue weighted by Crippen LogP contribution is -2.13. The summed E-state index contributed by atoms with van der Waals surface area (Å²) in [5.41, 5.74) is 2.58. The Bertz CT molecular complexity index is 600. The summed E-state index contributed by atoms with van der Waals surface area (Å²) in [5.74, 6) is 0.276. The summed E-state index contributed by atoms with van der Waals surface area (Å²) >= 11 is 0. The van der Waals surface area contributed by atoms with Crippen molar-refractivity contribution >= 4 is 5.97 Å². The van der Waals surface area contributed by atoms with Gasteiger partial charge in [0.2, 0.25) is 0 Å². The first-order valence-corrected chi connectivity index (χ1v) is 6.84. The maximum atomic E-state index is 11.4. The van der Waals surface area contributed by atoms with E-state index in [1.165, 1.54) is 0 Å². The van der Waals surface area contributed by atoms with Gasteiger partial charge in [-0.1, -0.05) is 49.0 Å². The van der Waals surface area contributed by atoms with Crippen LogP contribution >= 0.6 is 0 Å². The van der Waals surface area contributed by atoms with E-state index in [4.69, 9.17) is 9.47 Å². The minimum atomic E-state index is -0.418. The van der Waals surface area contributed by atoms with Crippen molar-refractivity contribution in [2.75, 3.05) is 13.2 Å². The molecule has 0 aliphatic rings. The largest absolute Gasteiger partial charge is 0.489 e. The van der Waals surface area contributed by atoms with Gasteiger partial charge in [0.05, 0.1) is 12.2 Å². The Hall–Kier alpha value is -2.55. The summed E-state index contributed by atoms with van der Waals surface area (Å²) in [5, 5.41) is 0. The molecule has 0 N–H and O–H groups in total. The first kappa shape index (κ1) is 14.9. The van der Waals surface area contributed by atoms with Crippen molar-refractivity contribution in [1.82, 2.24) is 0 Å². The molecule has 2 aromatic carbocycles. The Labute approximate surface area is 124 Å². The summed E-state index contributed by atoms with van der Waals surface area (Å²) in [6.07, 6.45) is 0. The molecule has 0 spiro atoms. The van der Waals surface area contributed by atoms with Gasteiger partial charge in [-0.2, -0.15) is 0 Å². The van der Waals surface area contributed by atoms with E-state index in [0.29, 0.717) is 17.9 Å². The van der Waals surface area contributed by atoms with Gasteiger partial charge in [-0.05, 0) is 30.2 Å². The summed E-state index contributed by atoms with van der Waals surface area (Å²) in [6.45, 7) is 5.88. The highest BCUT2D eigenvalue weighted by Gasteiger charge is 2.08. The molecule has 0 heterocycles. The SMILES string of the molecule is C=C(COc1ccc(-c2ccccc2)cc1)C(=O)OCC. The molecule has 0 bridgehead atoms. The monoisotopic (exact) mass is 282 g/mol. The van der Waals surface area contributed by atoms with Crippen molar-refractivity contribution in [3.8, 4) is 16.9 Å². The number of esters is 1. The average Bonchev–Trinajstić information content (AvgIpc) is 2.54. The zero-order valence-corrected chi connectivity index (χ0v) is 12.0. The fraction of sp³-hybridized carbons (Fsp3) is 0.167. The molecular weight excluding hydrogens is 264 g/mol. The smallest absolute Gasteiger partial charge is 0.336 e. The van der Waals surface area contributed by atoms with Gasteiger partial charge in [0.15, 0.2) is 0 Å². The van der Waals surface area contributed by atoms with Crippen LogP contribution in [-0.2, 0) is 9.53 Å². The van der Waals surface area contributed by atoms with Crippen LogP contribution in [0.15, 0.2) is 66.7 Å². The van der Waals surface area contributed by atoms with Crippen LogP contribution in [0.4, 0.5) is 0 Å². The highest BCUT2D eigenvalue weighted by Crippen LogP contribution is 2.22. The predicted octanol–water partition coefficient (Wildman–Crippen LogP) is 3.85. The van der Waals surface area contributed by atoms with Crippen LogP contribution in [0.5, 0.6) is 5.75 Å². The number of hydrogen-bond donors (Lipinski definition) is 0. The first-order valence-electron chi connectivity index (χ1n) is 6.84. The van der Waals surface area contributed by atoms with Crippen molar-refractivity contribution in [3.05, 3.63) is 66.7 Å². The van der Waals surface area contributed by atoms with Gasteiger partial charge < -0.3 is 9.47 Å². The second-order valence-corrected chi connectivity index (χ2v) is 4.50. The number of carbonyl (C=O) groups is 1. The van der Waals surface area contributed by atoms with E-state index in [1.807, 2.05) is 42.5 Å². The van der Waals surface area contributed by atoms with Crippen molar-refractivity contribution in [2.45, 2.75) is 6.92 Å². The molecule has 3 nitrogen and oxygen atoms in total. The number of rotatable bonds is 6. The van der Waals surface area contributed by atoms with E-state index in [2.05, 4.69) is 18.7 Å². The molecule has 0 aliphatic carbocycles. The molecule has 0 aromatic heterocycles. The van der Waals surface area contributed by atoms with Gasteiger partial charge in [0.1, 0.15) is 12.4 Å². The normalized spacial score (nSPS) is 9.95.